The van der Waals surface area contributed by atoms with Crippen molar-refractivity contribution in [2.24, 2.45) is 17.8 Å². The fourth-order valence-electron chi connectivity index (χ4n) is 9.51. The normalized spacial score (nSPS) is 37.1. The maximum Gasteiger partial charge on any atom is 0.410 e. The van der Waals surface area contributed by atoms with Gasteiger partial charge in [-0.1, -0.05) is 45.0 Å². The first kappa shape index (κ1) is 47.0. The molecule has 60 heavy (non-hydrogen) atoms. The van der Waals surface area contributed by atoms with Crippen molar-refractivity contribution in [3.63, 3.8) is 0 Å². The van der Waals surface area contributed by atoms with Crippen LogP contribution in [-0.4, -0.2) is 141 Å². The minimum absolute atomic E-state index is 0.0111. The van der Waals surface area contributed by atoms with Crippen LogP contribution in [-0.2, 0) is 44.6 Å². The number of esters is 1. The Bertz CT molecular complexity index is 1860. The number of hydrogen-bond acceptors (Lipinski definition) is 14. The Morgan fingerprint density at radius 3 is 2.37 bits per heavy atom. The fraction of sp³-hybridized carbons (Fsp3) is 0.721. The first-order valence-corrected chi connectivity index (χ1v) is 21.0. The summed E-state index contributed by atoms with van der Waals surface area (Å²) in [4.78, 5) is 60.1. The molecule has 2 aromatic rings. The highest BCUT2D eigenvalue weighted by Gasteiger charge is 2.61. The Hall–Kier alpha value is -4.03. The lowest BCUT2D eigenvalue weighted by Gasteiger charge is -2.47. The quantitative estimate of drug-likeness (QED) is 0.138. The third-order valence-corrected chi connectivity index (χ3v) is 12.9. The van der Waals surface area contributed by atoms with Crippen LogP contribution < -0.4 is 5.73 Å². The van der Waals surface area contributed by atoms with Gasteiger partial charge in [0.15, 0.2) is 17.7 Å². The first-order valence-electron chi connectivity index (χ1n) is 21.0. The van der Waals surface area contributed by atoms with E-state index in [-0.39, 0.29) is 37.3 Å². The highest BCUT2D eigenvalue weighted by molar-refractivity contribution is 6.08. The minimum atomic E-state index is -3.19. The molecule has 1 aromatic heterocycles. The summed E-state index contributed by atoms with van der Waals surface area (Å²) in [6.07, 6.45) is -2.57. The molecule has 3 fully saturated rings. The molecule has 3 saturated heterocycles. The number of fused-ring (bicyclic) bond motifs is 1. The summed E-state index contributed by atoms with van der Waals surface area (Å²) in [5.41, 5.74) is 1.80. The number of likely N-dealkylation sites (N-methyl/N-ethyl adjacent to an activating group) is 1. The summed E-state index contributed by atoms with van der Waals surface area (Å²) in [6.45, 7) is 13.1. The van der Waals surface area contributed by atoms with E-state index in [1.165, 1.54) is 18.9 Å². The second-order valence-electron chi connectivity index (χ2n) is 17.8. The van der Waals surface area contributed by atoms with Gasteiger partial charge in [-0.15, -0.1) is 5.10 Å². The number of hydrogen-bond donors (Lipinski definition) is 2. The molecule has 3 aliphatic heterocycles. The maximum atomic E-state index is 16.9. The van der Waals surface area contributed by atoms with Crippen molar-refractivity contribution in [1.29, 1.82) is 0 Å². The maximum absolute atomic E-state index is 16.9. The summed E-state index contributed by atoms with van der Waals surface area (Å²) < 4.78 is 49.2. The molecule has 0 radical (unpaired) electrons. The molecule has 1 aromatic carbocycles. The van der Waals surface area contributed by atoms with E-state index in [4.69, 9.17) is 29.4 Å². The van der Waals surface area contributed by atoms with E-state index in [2.05, 4.69) is 10.3 Å². The number of ketones is 2. The lowest BCUT2D eigenvalue weighted by molar-refractivity contribution is -0.295. The van der Waals surface area contributed by atoms with Crippen LogP contribution >= 0.6 is 0 Å². The van der Waals surface area contributed by atoms with Crippen molar-refractivity contribution in [3.05, 3.63) is 30.5 Å². The van der Waals surface area contributed by atoms with Crippen LogP contribution in [0, 0.1) is 17.8 Å². The number of carbonyl (C=O) groups is 4. The predicted molar refractivity (Wildman–Crippen MR) is 219 cm³/mol. The molecule has 334 valence electrons. The number of ether oxygens (including phenoxy) is 5. The molecule has 13 atom stereocenters. The SMILES string of the molecule is CCC1OC(=O)C(C)(F)C(=O)C(C)C(OC2OC(C)CC(N(C)C)C2O)C(C)(OC)CC(C)C(=O)C(C)C2N(CCCCn3cc(-c4cccc(N)c4)nn3)C(=O)OC12C. The van der Waals surface area contributed by atoms with Crippen LogP contribution in [0.2, 0.25) is 0 Å². The standard InChI is InChI=1S/C43H65FN6O10/c1-12-32-43(8)35(50(40(55)60-43)19-14-13-18-49-23-30(46-47-49)28-16-15-17-29(45)21-28)26(4)33(51)24(2)22-41(6,56-11)37(27(5)36(53)42(7,44)39(54)58-32)59-38-34(52)31(48(9)10)20-25(3)57-38/h15-17,21,23-27,31-32,34-35,37-38,52H,12-14,18-20,22,45H2,1-11H3. The Kier molecular flexibility index (Phi) is 14.5. The zero-order chi connectivity index (χ0) is 44.5. The molecule has 13 unspecified atom stereocenters. The number of unbranched alkanes of at least 4 members (excludes halogenated alkanes) is 1. The van der Waals surface area contributed by atoms with Crippen LogP contribution in [0.3, 0.4) is 0 Å². The number of alkyl halides is 1. The highest BCUT2D eigenvalue weighted by Crippen LogP contribution is 2.44. The monoisotopic (exact) mass is 844 g/mol. The average molecular weight is 845 g/mol. The van der Waals surface area contributed by atoms with E-state index >= 15 is 4.39 Å². The Morgan fingerprint density at radius 1 is 1.05 bits per heavy atom. The number of nitrogen functional groups attached to an aromatic ring is 1. The number of cyclic esters (lactones) is 1. The van der Waals surface area contributed by atoms with Gasteiger partial charge in [-0.2, -0.15) is 0 Å². The average Bonchev–Trinajstić information content (AvgIpc) is 3.78. The second-order valence-corrected chi connectivity index (χ2v) is 17.8. The number of nitrogens with two attached hydrogens (primary N) is 1. The second kappa shape index (κ2) is 18.5. The van der Waals surface area contributed by atoms with Crippen molar-refractivity contribution in [2.75, 3.05) is 33.5 Å². The van der Waals surface area contributed by atoms with E-state index < -0.39 is 83.1 Å². The number of rotatable bonds is 11. The first-order chi connectivity index (χ1) is 28.1. The molecule has 0 bridgehead atoms. The van der Waals surface area contributed by atoms with E-state index in [1.54, 1.807) is 45.4 Å². The highest BCUT2D eigenvalue weighted by atomic mass is 19.1. The number of aliphatic hydroxyl groups excluding tert-OH is 1. The van der Waals surface area contributed by atoms with Crippen LogP contribution in [0.4, 0.5) is 14.9 Å². The number of amides is 1. The van der Waals surface area contributed by atoms with Gasteiger partial charge >= 0.3 is 12.1 Å². The van der Waals surface area contributed by atoms with Crippen molar-refractivity contribution >= 4 is 29.3 Å². The van der Waals surface area contributed by atoms with Gasteiger partial charge in [0.1, 0.15) is 23.7 Å². The number of benzene rings is 1. The summed E-state index contributed by atoms with van der Waals surface area (Å²) in [7, 11) is 5.04. The fourth-order valence-corrected chi connectivity index (χ4v) is 9.51. The number of nitrogens with zero attached hydrogens (tertiary/aromatic N) is 5. The van der Waals surface area contributed by atoms with Gasteiger partial charge in [-0.3, -0.25) is 14.3 Å². The van der Waals surface area contributed by atoms with Gasteiger partial charge in [0.05, 0.1) is 30.0 Å². The zero-order valence-electron chi connectivity index (χ0n) is 36.9. The van der Waals surface area contributed by atoms with E-state index in [0.717, 1.165) is 12.5 Å². The number of carbonyl (C=O) groups excluding carboxylic acids is 4. The lowest BCUT2D eigenvalue weighted by Crippen LogP contribution is -2.61. The summed E-state index contributed by atoms with van der Waals surface area (Å²) in [6, 6.07) is 6.02. The molecule has 16 nitrogen and oxygen atoms in total. The van der Waals surface area contributed by atoms with Crippen LogP contribution in [0.15, 0.2) is 30.5 Å². The summed E-state index contributed by atoms with van der Waals surface area (Å²) >= 11 is 0. The number of methoxy groups -OCH3 is 1. The molecular weight excluding hydrogens is 780 g/mol. The molecule has 0 aliphatic carbocycles. The number of halogens is 1. The molecule has 17 heteroatoms. The van der Waals surface area contributed by atoms with E-state index in [9.17, 15) is 24.3 Å². The van der Waals surface area contributed by atoms with Gasteiger partial charge in [0.25, 0.3) is 5.67 Å². The smallest absolute Gasteiger partial charge is 0.410 e. The number of aryl methyl sites for hydroxylation is 1. The van der Waals surface area contributed by atoms with E-state index in [1.807, 2.05) is 50.3 Å². The number of aliphatic hydroxyl groups is 1. The Labute approximate surface area is 352 Å². The van der Waals surface area contributed by atoms with Crippen LogP contribution in [0.5, 0.6) is 0 Å². The largest absolute Gasteiger partial charge is 0.455 e. The number of anilines is 1. The Morgan fingerprint density at radius 2 is 1.73 bits per heavy atom. The third kappa shape index (κ3) is 9.39. The van der Waals surface area contributed by atoms with Gasteiger partial charge in [0, 0.05) is 55.2 Å². The van der Waals surface area contributed by atoms with Crippen LogP contribution in [0.1, 0.15) is 87.5 Å². The van der Waals surface area contributed by atoms with Gasteiger partial charge in [0.2, 0.25) is 0 Å². The summed E-state index contributed by atoms with van der Waals surface area (Å²) in [5, 5.41) is 19.9. The molecule has 1 amide bonds. The molecule has 0 spiro atoms. The zero-order valence-corrected chi connectivity index (χ0v) is 36.9. The molecule has 3 aliphatic rings. The van der Waals surface area contributed by atoms with E-state index in [0.29, 0.717) is 37.2 Å². The van der Waals surface area contributed by atoms with Crippen molar-refractivity contribution < 1.29 is 52.4 Å². The molecule has 4 heterocycles. The van der Waals surface area contributed by atoms with Crippen molar-refractivity contribution in [2.45, 2.75) is 154 Å². The van der Waals surface area contributed by atoms with Crippen LogP contribution in [0.25, 0.3) is 11.3 Å². The molecule has 0 saturated carbocycles. The number of aromatic nitrogens is 3. The summed E-state index contributed by atoms with van der Waals surface area (Å²) in [5.74, 6) is -5.85. The van der Waals surface area contributed by atoms with Gasteiger partial charge < -0.3 is 44.3 Å². The minimum Gasteiger partial charge on any atom is -0.455 e. The molecule has 5 rings (SSSR count). The predicted octanol–water partition coefficient (Wildman–Crippen LogP) is 4.60. The van der Waals surface area contributed by atoms with Crippen molar-refractivity contribution in [1.82, 2.24) is 24.8 Å². The third-order valence-electron chi connectivity index (χ3n) is 12.9. The Balaban J connectivity index is 1.45. The lowest BCUT2D eigenvalue weighted by atomic mass is 9.73. The molecular formula is C43H65FN6O10. The number of Topliss-reactive ketones (excluding diaryl/α,β-unsaturated/α-hetero) is 2. The van der Waals surface area contributed by atoms with Gasteiger partial charge in [-0.05, 0) is 86.0 Å². The topological polar surface area (TPSA) is 198 Å². The van der Waals surface area contributed by atoms with Crippen molar-refractivity contribution in [3.8, 4) is 11.3 Å². The van der Waals surface area contributed by atoms with Gasteiger partial charge in [-0.25, -0.2) is 14.0 Å². The molecule has 3 N–H and O–H groups in total.